The molecule has 0 saturated heterocycles. The molecule has 3 rings (SSSR count). The molecule has 2 nitrogen and oxygen atoms in total. The number of hydrogen-bond donors (Lipinski definition) is 0. The lowest BCUT2D eigenvalue weighted by atomic mass is 9.98. The van der Waals surface area contributed by atoms with Gasteiger partial charge in [0.2, 0.25) is 0 Å². The van der Waals surface area contributed by atoms with Crippen LogP contribution in [0.3, 0.4) is 0 Å². The van der Waals surface area contributed by atoms with Gasteiger partial charge >= 0.3 is 0 Å². The second-order valence-electron chi connectivity index (χ2n) is 6.75. The summed E-state index contributed by atoms with van der Waals surface area (Å²) in [4.78, 5) is 11.4. The molecule has 0 bridgehead atoms. The number of fused-ring (bicyclic) bond motifs is 1. The van der Waals surface area contributed by atoms with Crippen molar-refractivity contribution in [2.45, 2.75) is 51.6 Å². The molecular weight excluding hydrogens is 272 g/mol. The molecule has 2 atom stereocenters. The van der Waals surface area contributed by atoms with Crippen LogP contribution in [0.5, 0.6) is 0 Å². The van der Waals surface area contributed by atoms with E-state index >= 15 is 0 Å². The Hall–Kier alpha value is -1.41. The standard InChI is InChI=1S/C20H26O2/c21-20-13-18-11-17(12-19(18)14-20)9-5-2-6-10-22-15-16-7-3-1-4-8-16/h1,3-4,7-8,11,18-19H,2,5-6,9-10,12-15H2/t18-,19+/m1/s1. The van der Waals surface area contributed by atoms with E-state index in [0.29, 0.717) is 17.6 Å². The largest absolute Gasteiger partial charge is 0.377 e. The highest BCUT2D eigenvalue weighted by molar-refractivity contribution is 5.82. The van der Waals surface area contributed by atoms with Gasteiger partial charge in [-0.3, -0.25) is 4.79 Å². The van der Waals surface area contributed by atoms with Crippen LogP contribution in [0, 0.1) is 11.8 Å². The van der Waals surface area contributed by atoms with E-state index in [2.05, 4.69) is 30.3 Å². The lowest BCUT2D eigenvalue weighted by Crippen LogP contribution is -1.97. The number of allylic oxidation sites excluding steroid dienone is 2. The number of carbonyl (C=O) groups excluding carboxylic acids is 1. The second kappa shape index (κ2) is 7.73. The first-order chi connectivity index (χ1) is 10.8. The van der Waals surface area contributed by atoms with E-state index in [1.54, 1.807) is 5.57 Å². The Bertz CT molecular complexity index is 518. The van der Waals surface area contributed by atoms with E-state index in [1.807, 2.05) is 6.07 Å². The Labute approximate surface area is 133 Å². The van der Waals surface area contributed by atoms with Crippen LogP contribution < -0.4 is 0 Å². The molecule has 0 amide bonds. The highest BCUT2D eigenvalue weighted by Gasteiger charge is 2.35. The Morgan fingerprint density at radius 2 is 1.86 bits per heavy atom. The van der Waals surface area contributed by atoms with E-state index < -0.39 is 0 Å². The topological polar surface area (TPSA) is 26.3 Å². The normalized spacial score (nSPS) is 23.6. The molecule has 0 spiro atoms. The van der Waals surface area contributed by atoms with E-state index in [1.165, 1.54) is 31.2 Å². The van der Waals surface area contributed by atoms with Crippen molar-refractivity contribution in [3.8, 4) is 0 Å². The summed E-state index contributed by atoms with van der Waals surface area (Å²) in [5.74, 6) is 1.70. The van der Waals surface area contributed by atoms with Gasteiger partial charge < -0.3 is 4.74 Å². The zero-order valence-corrected chi connectivity index (χ0v) is 13.3. The minimum atomic E-state index is 0.473. The molecule has 1 aromatic carbocycles. The van der Waals surface area contributed by atoms with Gasteiger partial charge in [-0.2, -0.15) is 0 Å². The van der Waals surface area contributed by atoms with Crippen LogP contribution in [-0.4, -0.2) is 12.4 Å². The Kier molecular flexibility index (Phi) is 5.44. The van der Waals surface area contributed by atoms with Crippen molar-refractivity contribution >= 4 is 5.78 Å². The fourth-order valence-electron chi connectivity index (χ4n) is 3.77. The quantitative estimate of drug-likeness (QED) is 0.514. The van der Waals surface area contributed by atoms with Crippen LogP contribution in [0.1, 0.15) is 50.5 Å². The number of carbonyl (C=O) groups is 1. The summed E-state index contributed by atoms with van der Waals surface area (Å²) in [6.07, 6.45) is 10.1. The van der Waals surface area contributed by atoms with E-state index in [9.17, 15) is 4.79 Å². The molecule has 0 aliphatic heterocycles. The molecule has 2 aliphatic carbocycles. The van der Waals surface area contributed by atoms with Crippen molar-refractivity contribution in [1.82, 2.24) is 0 Å². The first-order valence-corrected chi connectivity index (χ1v) is 8.64. The average Bonchev–Trinajstić information content (AvgIpc) is 3.04. The highest BCUT2D eigenvalue weighted by atomic mass is 16.5. The minimum absolute atomic E-state index is 0.473. The van der Waals surface area contributed by atoms with Crippen LogP contribution in [0.2, 0.25) is 0 Å². The van der Waals surface area contributed by atoms with Crippen LogP contribution in [0.25, 0.3) is 0 Å². The van der Waals surface area contributed by atoms with E-state index in [4.69, 9.17) is 4.74 Å². The maximum atomic E-state index is 11.4. The van der Waals surface area contributed by atoms with E-state index in [-0.39, 0.29) is 0 Å². The molecule has 1 aromatic rings. The monoisotopic (exact) mass is 298 g/mol. The van der Waals surface area contributed by atoms with Gasteiger partial charge in [0.25, 0.3) is 0 Å². The molecule has 0 unspecified atom stereocenters. The number of ether oxygens (including phenoxy) is 1. The number of hydrogen-bond acceptors (Lipinski definition) is 2. The zero-order chi connectivity index (χ0) is 15.2. The van der Waals surface area contributed by atoms with Crippen LogP contribution >= 0.6 is 0 Å². The van der Waals surface area contributed by atoms with Crippen LogP contribution in [0.4, 0.5) is 0 Å². The molecule has 1 saturated carbocycles. The molecule has 2 aliphatic rings. The van der Waals surface area contributed by atoms with Gasteiger partial charge in [0.15, 0.2) is 0 Å². The smallest absolute Gasteiger partial charge is 0.133 e. The maximum absolute atomic E-state index is 11.4. The van der Waals surface area contributed by atoms with Gasteiger partial charge in [-0.25, -0.2) is 0 Å². The SMILES string of the molecule is O=C1C[C@@H]2CC(CCCCCOCc3ccccc3)=C[C@@H]2C1. The third-order valence-corrected chi connectivity index (χ3v) is 4.93. The maximum Gasteiger partial charge on any atom is 0.133 e. The third-order valence-electron chi connectivity index (χ3n) is 4.93. The summed E-state index contributed by atoms with van der Waals surface area (Å²) in [6, 6.07) is 10.3. The summed E-state index contributed by atoms with van der Waals surface area (Å²) >= 11 is 0. The van der Waals surface area contributed by atoms with Gasteiger partial charge in [-0.05, 0) is 43.1 Å². The van der Waals surface area contributed by atoms with Crippen molar-refractivity contribution in [3.05, 3.63) is 47.5 Å². The molecule has 2 heteroatoms. The zero-order valence-electron chi connectivity index (χ0n) is 13.3. The lowest BCUT2D eigenvalue weighted by molar-refractivity contribution is -0.117. The van der Waals surface area contributed by atoms with Gasteiger partial charge in [0, 0.05) is 19.4 Å². The van der Waals surface area contributed by atoms with Gasteiger partial charge in [0.1, 0.15) is 5.78 Å². The average molecular weight is 298 g/mol. The summed E-state index contributed by atoms with van der Waals surface area (Å²) in [5.41, 5.74) is 2.85. The van der Waals surface area contributed by atoms with Crippen LogP contribution in [-0.2, 0) is 16.1 Å². The van der Waals surface area contributed by atoms with Crippen molar-refractivity contribution in [2.75, 3.05) is 6.61 Å². The molecule has 22 heavy (non-hydrogen) atoms. The summed E-state index contributed by atoms with van der Waals surface area (Å²) in [5, 5.41) is 0. The summed E-state index contributed by atoms with van der Waals surface area (Å²) in [7, 11) is 0. The number of ketones is 1. The minimum Gasteiger partial charge on any atom is -0.377 e. The molecular formula is C20H26O2. The Balaban J connectivity index is 1.23. The van der Waals surface area contributed by atoms with Crippen molar-refractivity contribution in [3.63, 3.8) is 0 Å². The Morgan fingerprint density at radius 1 is 1.00 bits per heavy atom. The second-order valence-corrected chi connectivity index (χ2v) is 6.75. The summed E-state index contributed by atoms with van der Waals surface area (Å²) in [6.45, 7) is 1.58. The first-order valence-electron chi connectivity index (χ1n) is 8.64. The van der Waals surface area contributed by atoms with Gasteiger partial charge in [-0.15, -0.1) is 0 Å². The predicted molar refractivity (Wildman–Crippen MR) is 88.5 cm³/mol. The fourth-order valence-corrected chi connectivity index (χ4v) is 3.77. The number of unbranched alkanes of at least 4 members (excludes halogenated alkanes) is 2. The van der Waals surface area contributed by atoms with Crippen molar-refractivity contribution in [1.29, 1.82) is 0 Å². The molecule has 0 radical (unpaired) electrons. The molecule has 0 N–H and O–H groups in total. The first kappa shape index (κ1) is 15.5. The lowest BCUT2D eigenvalue weighted by Gasteiger charge is -2.07. The third kappa shape index (κ3) is 4.30. The van der Waals surface area contributed by atoms with Gasteiger partial charge in [0.05, 0.1) is 6.61 Å². The van der Waals surface area contributed by atoms with Gasteiger partial charge in [-0.1, -0.05) is 48.4 Å². The summed E-state index contributed by atoms with van der Waals surface area (Å²) < 4.78 is 5.71. The number of benzene rings is 1. The van der Waals surface area contributed by atoms with Crippen LogP contribution in [0.15, 0.2) is 42.0 Å². The van der Waals surface area contributed by atoms with Crippen molar-refractivity contribution < 1.29 is 9.53 Å². The molecule has 118 valence electrons. The molecule has 0 heterocycles. The molecule has 0 aromatic heterocycles. The van der Waals surface area contributed by atoms with Crippen molar-refractivity contribution in [2.24, 2.45) is 11.8 Å². The fraction of sp³-hybridized carbons (Fsp3) is 0.550. The number of Topliss-reactive ketones (excluding diaryl/α,β-unsaturated/α-hetero) is 1. The number of rotatable bonds is 8. The molecule has 1 fully saturated rings. The Morgan fingerprint density at radius 3 is 2.68 bits per heavy atom. The van der Waals surface area contributed by atoms with E-state index in [0.717, 1.165) is 32.5 Å². The predicted octanol–water partition coefficient (Wildman–Crippen LogP) is 4.69. The highest BCUT2D eigenvalue weighted by Crippen LogP contribution is 2.42.